The van der Waals surface area contributed by atoms with Crippen molar-refractivity contribution in [3.63, 3.8) is 0 Å². The van der Waals surface area contributed by atoms with Gasteiger partial charge in [-0.25, -0.2) is 4.39 Å². The number of phenolic OH excluding ortho intramolecular Hbond substituents is 1. The van der Waals surface area contributed by atoms with Crippen molar-refractivity contribution >= 4 is 10.9 Å². The Morgan fingerprint density at radius 1 is 0.966 bits per heavy atom. The van der Waals surface area contributed by atoms with Crippen LogP contribution in [0, 0.1) is 5.82 Å². The maximum Gasteiger partial charge on any atom is 0.147 e. The topological polar surface area (TPSA) is 115 Å². The minimum absolute atomic E-state index is 0.124. The monoisotopic (exact) mass is 403 g/mol. The number of para-hydroxylation sites is 1. The molecule has 7 nitrogen and oxygen atoms in total. The van der Waals surface area contributed by atoms with E-state index in [2.05, 4.69) is 0 Å². The zero-order valence-electron chi connectivity index (χ0n) is 15.4. The summed E-state index contributed by atoms with van der Waals surface area (Å²) in [5.41, 5.74) is 1.56. The summed E-state index contributed by atoms with van der Waals surface area (Å²) in [6.45, 7) is -0.239. The fourth-order valence-electron chi connectivity index (χ4n) is 3.85. The van der Waals surface area contributed by atoms with E-state index in [0.29, 0.717) is 23.0 Å². The minimum Gasteiger partial charge on any atom is -0.508 e. The van der Waals surface area contributed by atoms with E-state index < -0.39 is 42.9 Å². The SMILES string of the molecule is OC[C@H]1O[C@@H](c2cn(Cc3ccc(O)cc3)c3c(F)cccc23)[C@H](O)[C@@H](O)[C@@H]1O. The first-order valence-corrected chi connectivity index (χ1v) is 9.26. The smallest absolute Gasteiger partial charge is 0.147 e. The molecule has 2 aromatic carbocycles. The van der Waals surface area contributed by atoms with Gasteiger partial charge in [0.1, 0.15) is 42.1 Å². The molecule has 0 saturated carbocycles. The predicted molar refractivity (Wildman–Crippen MR) is 102 cm³/mol. The van der Waals surface area contributed by atoms with Gasteiger partial charge >= 0.3 is 0 Å². The van der Waals surface area contributed by atoms with Gasteiger partial charge in [-0.1, -0.05) is 24.3 Å². The number of fused-ring (bicyclic) bond motifs is 1. The number of aliphatic hydroxyl groups excluding tert-OH is 4. The molecular formula is C21H22FNO6. The number of ether oxygens (including phenoxy) is 1. The van der Waals surface area contributed by atoms with Gasteiger partial charge < -0.3 is 34.8 Å². The molecule has 0 spiro atoms. The molecular weight excluding hydrogens is 381 g/mol. The fourth-order valence-corrected chi connectivity index (χ4v) is 3.85. The molecule has 0 radical (unpaired) electrons. The highest BCUT2D eigenvalue weighted by molar-refractivity contribution is 5.85. The molecule has 5 atom stereocenters. The van der Waals surface area contributed by atoms with Crippen molar-refractivity contribution in [1.29, 1.82) is 0 Å². The quantitative estimate of drug-likeness (QED) is 0.445. The molecule has 5 N–H and O–H groups in total. The largest absolute Gasteiger partial charge is 0.508 e. The standard InChI is InChI=1S/C21H22FNO6/c22-15-3-1-2-13-14(21-20(28)19(27)18(26)16(10-24)29-21)9-23(17(13)15)8-11-4-6-12(25)7-5-11/h1-7,9,16,18-21,24-28H,8,10H2/t16-,18-,19+,20-,21+/m1/s1. The van der Waals surface area contributed by atoms with Gasteiger partial charge in [0.15, 0.2) is 0 Å². The van der Waals surface area contributed by atoms with Crippen LogP contribution in [-0.4, -0.2) is 61.1 Å². The Labute approximate surface area is 165 Å². The number of phenols is 1. The summed E-state index contributed by atoms with van der Waals surface area (Å²) in [6.07, 6.45) is -4.92. The van der Waals surface area contributed by atoms with Gasteiger partial charge in [0.25, 0.3) is 0 Å². The van der Waals surface area contributed by atoms with Gasteiger partial charge in [0.2, 0.25) is 0 Å². The molecule has 29 heavy (non-hydrogen) atoms. The van der Waals surface area contributed by atoms with E-state index in [-0.39, 0.29) is 5.75 Å². The number of nitrogens with zero attached hydrogens (tertiary/aromatic N) is 1. The maximum absolute atomic E-state index is 14.7. The number of aromatic hydroxyl groups is 1. The number of hydrogen-bond acceptors (Lipinski definition) is 6. The number of aromatic nitrogens is 1. The molecule has 8 heteroatoms. The predicted octanol–water partition coefficient (Wildman–Crippen LogP) is 1.05. The van der Waals surface area contributed by atoms with E-state index in [9.17, 15) is 29.9 Å². The van der Waals surface area contributed by atoms with Crippen molar-refractivity contribution in [3.05, 3.63) is 65.6 Å². The molecule has 0 unspecified atom stereocenters. The van der Waals surface area contributed by atoms with E-state index >= 15 is 0 Å². The zero-order valence-corrected chi connectivity index (χ0v) is 15.4. The number of aliphatic hydroxyl groups is 4. The summed E-state index contributed by atoms with van der Waals surface area (Å²) in [5.74, 6) is -0.337. The van der Waals surface area contributed by atoms with Crippen molar-refractivity contribution < 1.29 is 34.7 Å². The van der Waals surface area contributed by atoms with Gasteiger partial charge in [0, 0.05) is 23.7 Å². The lowest BCUT2D eigenvalue weighted by molar-refractivity contribution is -0.231. The Hall–Kier alpha value is -2.49. The molecule has 154 valence electrons. The van der Waals surface area contributed by atoms with E-state index in [4.69, 9.17) is 4.74 Å². The van der Waals surface area contributed by atoms with Gasteiger partial charge in [-0.3, -0.25) is 0 Å². The van der Waals surface area contributed by atoms with Crippen LogP contribution in [0.2, 0.25) is 0 Å². The Morgan fingerprint density at radius 2 is 1.69 bits per heavy atom. The summed E-state index contributed by atoms with van der Waals surface area (Å²) >= 11 is 0. The average molecular weight is 403 g/mol. The third-order valence-corrected chi connectivity index (χ3v) is 5.37. The summed E-state index contributed by atoms with van der Waals surface area (Å²) in [6, 6.07) is 11.1. The van der Waals surface area contributed by atoms with Crippen molar-refractivity contribution in [2.24, 2.45) is 0 Å². The Balaban J connectivity index is 1.79. The molecule has 4 rings (SSSR count). The highest BCUT2D eigenvalue weighted by atomic mass is 19.1. The van der Waals surface area contributed by atoms with Crippen molar-refractivity contribution in [2.75, 3.05) is 6.61 Å². The third-order valence-electron chi connectivity index (χ3n) is 5.37. The molecule has 2 heterocycles. The van der Waals surface area contributed by atoms with Crippen LogP contribution >= 0.6 is 0 Å². The second-order valence-corrected chi connectivity index (χ2v) is 7.26. The molecule has 3 aromatic rings. The van der Waals surface area contributed by atoms with Gasteiger partial charge in [0.05, 0.1) is 12.1 Å². The highest BCUT2D eigenvalue weighted by Crippen LogP contribution is 2.37. The minimum atomic E-state index is -1.52. The molecule has 0 amide bonds. The van der Waals surface area contributed by atoms with Crippen LogP contribution in [0.5, 0.6) is 5.75 Å². The lowest BCUT2D eigenvalue weighted by Crippen LogP contribution is -2.55. The first-order valence-electron chi connectivity index (χ1n) is 9.26. The normalized spacial score (nSPS) is 27.4. The van der Waals surface area contributed by atoms with Gasteiger partial charge in [-0.15, -0.1) is 0 Å². The summed E-state index contributed by atoms with van der Waals surface area (Å²) < 4.78 is 22.0. The molecule has 1 aliphatic heterocycles. The van der Waals surface area contributed by atoms with Crippen molar-refractivity contribution in [2.45, 2.75) is 37.1 Å². The lowest BCUT2D eigenvalue weighted by Gasteiger charge is -2.40. The number of hydrogen-bond donors (Lipinski definition) is 5. The molecule has 0 aliphatic carbocycles. The van der Waals surface area contributed by atoms with Crippen LogP contribution in [0.3, 0.4) is 0 Å². The summed E-state index contributed by atoms with van der Waals surface area (Å²) in [4.78, 5) is 0. The lowest BCUT2D eigenvalue weighted by atomic mass is 9.91. The second kappa shape index (κ2) is 7.74. The second-order valence-electron chi connectivity index (χ2n) is 7.26. The Morgan fingerprint density at radius 3 is 2.38 bits per heavy atom. The molecule has 1 saturated heterocycles. The van der Waals surface area contributed by atoms with E-state index in [1.165, 1.54) is 24.3 Å². The number of halogens is 1. The van der Waals surface area contributed by atoms with Crippen LogP contribution in [0.4, 0.5) is 4.39 Å². The van der Waals surface area contributed by atoms with Crippen molar-refractivity contribution in [3.8, 4) is 5.75 Å². The fraction of sp³-hybridized carbons (Fsp3) is 0.333. The van der Waals surface area contributed by atoms with Crippen LogP contribution in [0.1, 0.15) is 17.2 Å². The van der Waals surface area contributed by atoms with Crippen LogP contribution in [-0.2, 0) is 11.3 Å². The van der Waals surface area contributed by atoms with Crippen LogP contribution < -0.4 is 0 Å². The van der Waals surface area contributed by atoms with E-state index in [0.717, 1.165) is 5.56 Å². The molecule has 1 fully saturated rings. The molecule has 0 bridgehead atoms. The van der Waals surface area contributed by atoms with Crippen LogP contribution in [0.25, 0.3) is 10.9 Å². The maximum atomic E-state index is 14.7. The number of benzene rings is 2. The number of rotatable bonds is 4. The van der Waals surface area contributed by atoms with Crippen molar-refractivity contribution in [1.82, 2.24) is 4.57 Å². The van der Waals surface area contributed by atoms with Gasteiger partial charge in [-0.2, -0.15) is 0 Å². The molecule has 1 aliphatic rings. The van der Waals surface area contributed by atoms with E-state index in [1.807, 2.05) is 0 Å². The first-order chi connectivity index (χ1) is 13.9. The van der Waals surface area contributed by atoms with Crippen LogP contribution in [0.15, 0.2) is 48.7 Å². The Kier molecular flexibility index (Phi) is 5.28. The third kappa shape index (κ3) is 3.50. The molecule has 1 aromatic heterocycles. The van der Waals surface area contributed by atoms with E-state index in [1.54, 1.807) is 29.0 Å². The highest BCUT2D eigenvalue weighted by Gasteiger charge is 2.44. The Bertz CT molecular complexity index is 1000. The summed E-state index contributed by atoms with van der Waals surface area (Å²) in [7, 11) is 0. The van der Waals surface area contributed by atoms with Gasteiger partial charge in [-0.05, 0) is 23.8 Å². The zero-order chi connectivity index (χ0) is 20.7. The summed E-state index contributed by atoms with van der Waals surface area (Å²) in [5, 5.41) is 50.0. The average Bonchev–Trinajstić information content (AvgIpc) is 3.08. The first kappa shape index (κ1) is 19.8.